The van der Waals surface area contributed by atoms with Crippen LogP contribution < -0.4 is 0 Å². The Kier molecular flexibility index (Phi) is 4.20. The minimum Gasteiger partial charge on any atom is -0.294 e. The highest BCUT2D eigenvalue weighted by atomic mass is 79.9. The van der Waals surface area contributed by atoms with Gasteiger partial charge in [-0.2, -0.15) is 5.10 Å². The van der Waals surface area contributed by atoms with Crippen molar-refractivity contribution in [2.45, 2.75) is 33.2 Å². The van der Waals surface area contributed by atoms with Gasteiger partial charge in [0.1, 0.15) is 0 Å². The smallest absolute Gasteiger partial charge is 0.170 e. The Hall–Kier alpha value is -1.42. The average molecular weight is 321 g/mol. The van der Waals surface area contributed by atoms with Crippen molar-refractivity contribution in [1.82, 2.24) is 9.78 Å². The Labute approximate surface area is 121 Å². The second-order valence-corrected chi connectivity index (χ2v) is 5.71. The van der Waals surface area contributed by atoms with Crippen molar-refractivity contribution in [3.63, 3.8) is 0 Å². The molecule has 0 aliphatic carbocycles. The molecular weight excluding hydrogens is 304 g/mol. The highest BCUT2D eigenvalue weighted by Crippen LogP contribution is 2.22. The zero-order valence-electron chi connectivity index (χ0n) is 11.4. The van der Waals surface area contributed by atoms with Crippen molar-refractivity contribution in [2.24, 2.45) is 0 Å². The molecule has 0 fully saturated rings. The van der Waals surface area contributed by atoms with Crippen LogP contribution in [-0.2, 0) is 6.42 Å². The van der Waals surface area contributed by atoms with E-state index < -0.39 is 0 Å². The molecule has 2 rings (SSSR count). The summed E-state index contributed by atoms with van der Waals surface area (Å²) in [6.07, 6.45) is 2.25. The van der Waals surface area contributed by atoms with Crippen LogP contribution in [0, 0.1) is 6.92 Å². The highest BCUT2D eigenvalue weighted by Gasteiger charge is 2.13. The van der Waals surface area contributed by atoms with Gasteiger partial charge in [-0.3, -0.25) is 9.48 Å². The number of Topliss-reactive ketones (excluding diaryl/α,β-unsaturated/α-hetero) is 1. The molecule has 0 bridgehead atoms. The number of benzene rings is 1. The van der Waals surface area contributed by atoms with Crippen LogP contribution in [0.5, 0.6) is 0 Å². The molecule has 0 aliphatic heterocycles. The molecule has 0 N–H and O–H groups in total. The molecular formula is C15H17BrN2O. The average Bonchev–Trinajstić information content (AvgIpc) is 2.81. The fourth-order valence-electron chi connectivity index (χ4n) is 1.88. The second kappa shape index (κ2) is 5.70. The Morgan fingerprint density at radius 2 is 2.11 bits per heavy atom. The number of hydrogen-bond donors (Lipinski definition) is 0. The first-order chi connectivity index (χ1) is 8.99. The monoisotopic (exact) mass is 320 g/mol. The zero-order valence-corrected chi connectivity index (χ0v) is 12.9. The largest absolute Gasteiger partial charge is 0.294 e. The molecule has 0 unspecified atom stereocenters. The number of halogens is 1. The number of carbonyl (C=O) groups is 1. The van der Waals surface area contributed by atoms with Gasteiger partial charge in [-0.25, -0.2) is 0 Å². The maximum Gasteiger partial charge on any atom is 0.170 e. The van der Waals surface area contributed by atoms with E-state index in [9.17, 15) is 4.79 Å². The van der Waals surface area contributed by atoms with Crippen molar-refractivity contribution < 1.29 is 4.79 Å². The number of aryl methyl sites for hydroxylation is 1. The van der Waals surface area contributed by atoms with Crippen LogP contribution in [0.3, 0.4) is 0 Å². The van der Waals surface area contributed by atoms with E-state index in [1.54, 1.807) is 0 Å². The van der Waals surface area contributed by atoms with Crippen molar-refractivity contribution in [2.75, 3.05) is 0 Å². The first-order valence-electron chi connectivity index (χ1n) is 6.31. The van der Waals surface area contributed by atoms with E-state index in [1.165, 1.54) is 0 Å². The van der Waals surface area contributed by atoms with Crippen LogP contribution in [0.1, 0.15) is 41.5 Å². The zero-order chi connectivity index (χ0) is 14.0. The fourth-order valence-corrected chi connectivity index (χ4v) is 2.37. The Bertz CT molecular complexity index is 602. The molecule has 0 aliphatic rings. The molecule has 100 valence electrons. The van der Waals surface area contributed by atoms with Gasteiger partial charge in [0.05, 0.1) is 12.1 Å². The van der Waals surface area contributed by atoms with Crippen LogP contribution in [0.25, 0.3) is 0 Å². The topological polar surface area (TPSA) is 34.9 Å². The van der Waals surface area contributed by atoms with Gasteiger partial charge in [-0.15, -0.1) is 0 Å². The van der Waals surface area contributed by atoms with E-state index in [1.807, 2.05) is 42.1 Å². The Morgan fingerprint density at radius 3 is 2.74 bits per heavy atom. The maximum atomic E-state index is 12.3. The van der Waals surface area contributed by atoms with Crippen LogP contribution in [0.15, 0.2) is 34.9 Å². The predicted octanol–water partition coefficient (Wildman–Crippen LogP) is 3.96. The lowest BCUT2D eigenvalue weighted by Gasteiger charge is -2.06. The molecule has 0 saturated carbocycles. The second-order valence-electron chi connectivity index (χ2n) is 4.92. The molecule has 0 spiro atoms. The van der Waals surface area contributed by atoms with E-state index in [-0.39, 0.29) is 5.78 Å². The van der Waals surface area contributed by atoms with Gasteiger partial charge in [0.15, 0.2) is 5.78 Å². The van der Waals surface area contributed by atoms with Gasteiger partial charge in [0, 0.05) is 22.3 Å². The quantitative estimate of drug-likeness (QED) is 0.799. The summed E-state index contributed by atoms with van der Waals surface area (Å²) in [5.41, 5.74) is 2.60. The third kappa shape index (κ3) is 3.13. The normalized spacial score (nSPS) is 11.0. The number of ketones is 1. The Morgan fingerprint density at radius 1 is 1.37 bits per heavy atom. The standard InChI is InChI=1S/C15H17BrN2O/c1-10(2)18-8-7-12(17-18)9-14(19)13-6-4-5-11(3)15(13)16/h4-8,10H,9H2,1-3H3. The molecule has 3 nitrogen and oxygen atoms in total. The van der Waals surface area contributed by atoms with E-state index in [4.69, 9.17) is 0 Å². The predicted molar refractivity (Wildman–Crippen MR) is 79.5 cm³/mol. The van der Waals surface area contributed by atoms with Crippen LogP contribution in [0.2, 0.25) is 0 Å². The molecule has 0 saturated heterocycles. The molecule has 4 heteroatoms. The van der Waals surface area contributed by atoms with Crippen molar-refractivity contribution in [3.8, 4) is 0 Å². The SMILES string of the molecule is Cc1cccc(C(=O)Cc2ccn(C(C)C)n2)c1Br. The summed E-state index contributed by atoms with van der Waals surface area (Å²) in [5, 5.41) is 4.41. The minimum absolute atomic E-state index is 0.0876. The summed E-state index contributed by atoms with van der Waals surface area (Å²) in [7, 11) is 0. The first-order valence-corrected chi connectivity index (χ1v) is 7.10. The molecule has 1 aromatic heterocycles. The molecule has 2 aromatic rings. The summed E-state index contributed by atoms with van der Waals surface area (Å²) < 4.78 is 2.75. The maximum absolute atomic E-state index is 12.3. The number of carbonyl (C=O) groups excluding carboxylic acids is 1. The summed E-state index contributed by atoms with van der Waals surface area (Å²) >= 11 is 3.48. The molecule has 0 amide bonds. The molecule has 1 heterocycles. The number of rotatable bonds is 4. The van der Waals surface area contributed by atoms with Crippen LogP contribution in [0.4, 0.5) is 0 Å². The van der Waals surface area contributed by atoms with E-state index >= 15 is 0 Å². The Balaban J connectivity index is 2.18. The van der Waals surface area contributed by atoms with E-state index in [0.29, 0.717) is 12.5 Å². The highest BCUT2D eigenvalue weighted by molar-refractivity contribution is 9.10. The van der Waals surface area contributed by atoms with Gasteiger partial charge in [-0.1, -0.05) is 18.2 Å². The van der Waals surface area contributed by atoms with Gasteiger partial charge in [0.2, 0.25) is 0 Å². The number of aromatic nitrogens is 2. The lowest BCUT2D eigenvalue weighted by atomic mass is 10.0. The third-order valence-electron chi connectivity index (χ3n) is 3.03. The lowest BCUT2D eigenvalue weighted by Crippen LogP contribution is -2.07. The number of nitrogens with zero attached hydrogens (tertiary/aromatic N) is 2. The summed E-state index contributed by atoms with van der Waals surface area (Å²) in [6.45, 7) is 6.11. The van der Waals surface area contributed by atoms with Gasteiger partial charge >= 0.3 is 0 Å². The molecule has 1 aromatic carbocycles. The third-order valence-corrected chi connectivity index (χ3v) is 4.08. The van der Waals surface area contributed by atoms with E-state index in [0.717, 1.165) is 21.3 Å². The minimum atomic E-state index is 0.0876. The van der Waals surface area contributed by atoms with Gasteiger partial charge < -0.3 is 0 Å². The van der Waals surface area contributed by atoms with Crippen LogP contribution in [-0.4, -0.2) is 15.6 Å². The lowest BCUT2D eigenvalue weighted by molar-refractivity contribution is 0.0991. The molecule has 0 radical (unpaired) electrons. The molecule has 0 atom stereocenters. The number of hydrogen-bond acceptors (Lipinski definition) is 2. The van der Waals surface area contributed by atoms with Crippen molar-refractivity contribution in [3.05, 3.63) is 51.8 Å². The first kappa shape index (κ1) is 14.0. The van der Waals surface area contributed by atoms with Gasteiger partial charge in [0.25, 0.3) is 0 Å². The van der Waals surface area contributed by atoms with Crippen molar-refractivity contribution in [1.29, 1.82) is 0 Å². The molecule has 19 heavy (non-hydrogen) atoms. The van der Waals surface area contributed by atoms with E-state index in [2.05, 4.69) is 34.9 Å². The van der Waals surface area contributed by atoms with Crippen LogP contribution >= 0.6 is 15.9 Å². The van der Waals surface area contributed by atoms with Gasteiger partial charge in [-0.05, 0) is 48.3 Å². The van der Waals surface area contributed by atoms with Crippen molar-refractivity contribution >= 4 is 21.7 Å². The summed E-state index contributed by atoms with van der Waals surface area (Å²) in [5.74, 6) is 0.0876. The summed E-state index contributed by atoms with van der Waals surface area (Å²) in [4.78, 5) is 12.3. The summed E-state index contributed by atoms with van der Waals surface area (Å²) in [6, 6.07) is 7.95. The fraction of sp³-hybridized carbons (Fsp3) is 0.333.